The minimum atomic E-state index is -0.766. The van der Waals surface area contributed by atoms with E-state index in [1.807, 2.05) is 13.8 Å². The molecule has 8 heteroatoms. The van der Waals surface area contributed by atoms with E-state index in [4.69, 9.17) is 4.74 Å². The Hall–Kier alpha value is -2.84. The predicted molar refractivity (Wildman–Crippen MR) is 120 cm³/mol. The van der Waals surface area contributed by atoms with Crippen molar-refractivity contribution in [3.63, 3.8) is 0 Å². The lowest BCUT2D eigenvalue weighted by molar-refractivity contribution is -0.129. The van der Waals surface area contributed by atoms with E-state index < -0.39 is 17.7 Å². The highest BCUT2D eigenvalue weighted by molar-refractivity contribution is 7.12. The molecule has 1 aliphatic heterocycles. The van der Waals surface area contributed by atoms with E-state index in [1.165, 1.54) is 22.3 Å². The van der Waals surface area contributed by atoms with Crippen molar-refractivity contribution in [3.8, 4) is 11.5 Å². The molecule has 1 aliphatic rings. The lowest BCUT2D eigenvalue weighted by atomic mass is 9.95. The van der Waals surface area contributed by atoms with Crippen molar-refractivity contribution in [1.82, 2.24) is 9.80 Å². The van der Waals surface area contributed by atoms with Crippen LogP contribution in [0.4, 0.5) is 0 Å². The van der Waals surface area contributed by atoms with Crippen LogP contribution in [0.1, 0.15) is 42.0 Å². The molecule has 0 aliphatic carbocycles. The van der Waals surface area contributed by atoms with Crippen LogP contribution in [0.15, 0.2) is 47.0 Å². The summed E-state index contributed by atoms with van der Waals surface area (Å²) < 4.78 is 5.50. The minimum absolute atomic E-state index is 0.0241. The standard InChI is InChI=1S/C23H28N2O5S/c1-4-24(5-2)11-12-25-20(15-9-10-16(26)17(14-15)30-6-3)19(22(28)23(25)29)21(27)18-8-7-13-31-18/h7-10,13-14,20,26,28H,4-6,11-12H2,1-3H3. The number of aliphatic hydroxyl groups excluding tert-OH is 1. The number of likely N-dealkylation sites (N-methyl/N-ethyl adjacent to an activating group) is 1. The van der Waals surface area contributed by atoms with Crippen LogP contribution in [0.25, 0.3) is 0 Å². The van der Waals surface area contributed by atoms with Crippen molar-refractivity contribution < 1.29 is 24.5 Å². The Morgan fingerprint density at radius 2 is 1.94 bits per heavy atom. The Kier molecular flexibility index (Phi) is 7.35. The van der Waals surface area contributed by atoms with Crippen molar-refractivity contribution in [3.05, 3.63) is 57.5 Å². The number of benzene rings is 1. The van der Waals surface area contributed by atoms with Crippen LogP contribution in [0.2, 0.25) is 0 Å². The van der Waals surface area contributed by atoms with Crippen molar-refractivity contribution in [2.75, 3.05) is 32.8 Å². The van der Waals surface area contributed by atoms with Gasteiger partial charge in [-0.05, 0) is 49.2 Å². The van der Waals surface area contributed by atoms with E-state index in [0.717, 1.165) is 13.1 Å². The molecule has 0 radical (unpaired) electrons. The zero-order valence-electron chi connectivity index (χ0n) is 18.0. The molecule has 3 rings (SSSR count). The molecule has 0 bridgehead atoms. The number of Topliss-reactive ketones (excluding diaryl/α,β-unsaturated/α-hetero) is 1. The third kappa shape index (κ3) is 4.60. The molecule has 2 heterocycles. The Morgan fingerprint density at radius 1 is 1.19 bits per heavy atom. The quantitative estimate of drug-likeness (QED) is 0.542. The summed E-state index contributed by atoms with van der Waals surface area (Å²) in [6.45, 7) is 8.87. The van der Waals surface area contributed by atoms with Gasteiger partial charge in [0.05, 0.1) is 23.1 Å². The summed E-state index contributed by atoms with van der Waals surface area (Å²) in [5.74, 6) is -1.21. The molecule has 2 N–H and O–H groups in total. The summed E-state index contributed by atoms with van der Waals surface area (Å²) >= 11 is 1.26. The molecule has 0 spiro atoms. The average molecular weight is 445 g/mol. The average Bonchev–Trinajstić information content (AvgIpc) is 3.39. The highest BCUT2D eigenvalue weighted by Gasteiger charge is 2.44. The first-order valence-electron chi connectivity index (χ1n) is 10.4. The van der Waals surface area contributed by atoms with Gasteiger partial charge < -0.3 is 24.7 Å². The number of rotatable bonds is 10. The molecule has 1 aromatic carbocycles. The van der Waals surface area contributed by atoms with Crippen LogP contribution < -0.4 is 4.74 Å². The van der Waals surface area contributed by atoms with Gasteiger partial charge in [0.1, 0.15) is 0 Å². The molecule has 0 saturated carbocycles. The number of nitrogens with zero attached hydrogens (tertiary/aromatic N) is 2. The second kappa shape index (κ2) is 9.98. The molecule has 7 nitrogen and oxygen atoms in total. The summed E-state index contributed by atoms with van der Waals surface area (Å²) in [6, 6.07) is 7.43. The summed E-state index contributed by atoms with van der Waals surface area (Å²) in [5, 5.41) is 22.6. The topological polar surface area (TPSA) is 90.3 Å². The fourth-order valence-corrected chi connectivity index (χ4v) is 4.44. The summed E-state index contributed by atoms with van der Waals surface area (Å²) in [6.07, 6.45) is 0. The number of phenols is 1. The number of phenolic OH excluding ortho intramolecular Hbond substituents is 1. The molecule has 2 aromatic rings. The maximum Gasteiger partial charge on any atom is 0.290 e. The predicted octanol–water partition coefficient (Wildman–Crippen LogP) is 3.77. The number of amides is 1. The number of aromatic hydroxyl groups is 1. The molecule has 1 unspecified atom stereocenters. The Labute approximate surface area is 186 Å². The molecular weight excluding hydrogens is 416 g/mol. The van der Waals surface area contributed by atoms with Crippen LogP contribution in [-0.2, 0) is 4.79 Å². The molecule has 31 heavy (non-hydrogen) atoms. The zero-order valence-corrected chi connectivity index (χ0v) is 18.8. The van der Waals surface area contributed by atoms with Crippen molar-refractivity contribution >= 4 is 23.0 Å². The van der Waals surface area contributed by atoms with Gasteiger partial charge in [-0.15, -0.1) is 11.3 Å². The summed E-state index contributed by atoms with van der Waals surface area (Å²) in [7, 11) is 0. The molecule has 0 fully saturated rings. The number of aliphatic hydroxyl groups is 1. The van der Waals surface area contributed by atoms with Crippen LogP contribution in [0, 0.1) is 0 Å². The highest BCUT2D eigenvalue weighted by atomic mass is 32.1. The SMILES string of the molecule is CCOc1cc(C2C(C(=O)c3cccs3)=C(O)C(=O)N2CCN(CC)CC)ccc1O. The van der Waals surface area contributed by atoms with Crippen molar-refractivity contribution in [2.45, 2.75) is 26.8 Å². The normalized spacial score (nSPS) is 16.5. The monoisotopic (exact) mass is 444 g/mol. The molecule has 1 atom stereocenters. The summed E-state index contributed by atoms with van der Waals surface area (Å²) in [4.78, 5) is 30.4. The van der Waals surface area contributed by atoms with E-state index in [9.17, 15) is 19.8 Å². The fourth-order valence-electron chi connectivity index (χ4n) is 3.76. The van der Waals surface area contributed by atoms with Crippen molar-refractivity contribution in [1.29, 1.82) is 0 Å². The van der Waals surface area contributed by atoms with Gasteiger partial charge in [-0.25, -0.2) is 0 Å². The Morgan fingerprint density at radius 3 is 2.55 bits per heavy atom. The van der Waals surface area contributed by atoms with Crippen LogP contribution in [0.3, 0.4) is 0 Å². The summed E-state index contributed by atoms with van der Waals surface area (Å²) in [5.41, 5.74) is 0.651. The number of thiophene rings is 1. The van der Waals surface area contributed by atoms with Crippen LogP contribution >= 0.6 is 11.3 Å². The molecular formula is C23H28N2O5S. The van der Waals surface area contributed by atoms with Crippen LogP contribution in [-0.4, -0.2) is 64.5 Å². The Bertz CT molecular complexity index is 966. The van der Waals surface area contributed by atoms with E-state index >= 15 is 0 Å². The van der Waals surface area contributed by atoms with Gasteiger partial charge in [0.25, 0.3) is 5.91 Å². The van der Waals surface area contributed by atoms with E-state index in [-0.39, 0.29) is 22.9 Å². The van der Waals surface area contributed by atoms with Gasteiger partial charge in [0.15, 0.2) is 17.3 Å². The van der Waals surface area contributed by atoms with E-state index in [2.05, 4.69) is 4.90 Å². The zero-order chi connectivity index (χ0) is 22.5. The third-order valence-corrected chi connectivity index (χ3v) is 6.31. The molecule has 1 amide bonds. The maximum atomic E-state index is 13.2. The van der Waals surface area contributed by atoms with Gasteiger partial charge in [-0.1, -0.05) is 26.0 Å². The number of hydrogen-bond donors (Lipinski definition) is 2. The smallest absolute Gasteiger partial charge is 0.290 e. The number of carbonyl (C=O) groups is 2. The second-order valence-corrected chi connectivity index (χ2v) is 8.10. The number of ether oxygens (including phenoxy) is 1. The first-order valence-corrected chi connectivity index (χ1v) is 11.3. The largest absolute Gasteiger partial charge is 0.504 e. The lowest BCUT2D eigenvalue weighted by Gasteiger charge is -2.29. The van der Waals surface area contributed by atoms with E-state index in [1.54, 1.807) is 36.6 Å². The first kappa shape index (κ1) is 22.8. The Balaban J connectivity index is 2.05. The number of ketones is 1. The molecule has 0 saturated heterocycles. The van der Waals surface area contributed by atoms with Gasteiger partial charge >= 0.3 is 0 Å². The first-order chi connectivity index (χ1) is 14.9. The third-order valence-electron chi connectivity index (χ3n) is 5.44. The second-order valence-electron chi connectivity index (χ2n) is 7.16. The maximum absolute atomic E-state index is 13.2. The van der Waals surface area contributed by atoms with Gasteiger partial charge in [-0.3, -0.25) is 9.59 Å². The van der Waals surface area contributed by atoms with Crippen molar-refractivity contribution in [2.24, 2.45) is 0 Å². The van der Waals surface area contributed by atoms with Gasteiger partial charge in [-0.2, -0.15) is 0 Å². The highest BCUT2D eigenvalue weighted by Crippen LogP contribution is 2.41. The molecule has 166 valence electrons. The number of hydrogen-bond acceptors (Lipinski definition) is 7. The minimum Gasteiger partial charge on any atom is -0.504 e. The van der Waals surface area contributed by atoms with E-state index in [0.29, 0.717) is 30.1 Å². The fraction of sp³-hybridized carbons (Fsp3) is 0.391. The van der Waals surface area contributed by atoms with Gasteiger partial charge in [0, 0.05) is 13.1 Å². The molecule has 1 aromatic heterocycles. The number of carbonyl (C=O) groups excluding carboxylic acids is 2. The van der Waals surface area contributed by atoms with Gasteiger partial charge in [0.2, 0.25) is 5.78 Å². The van der Waals surface area contributed by atoms with Crippen LogP contribution in [0.5, 0.6) is 11.5 Å². The lowest BCUT2D eigenvalue weighted by Crippen LogP contribution is -2.38.